The van der Waals surface area contributed by atoms with Crippen molar-refractivity contribution in [3.8, 4) is 5.82 Å². The minimum Gasteiger partial charge on any atom is -0.357 e. The number of aryl methyl sites for hydroxylation is 1. The molecule has 0 atom stereocenters. The number of halogens is 1. The Morgan fingerprint density at radius 1 is 1.40 bits per heavy atom. The van der Waals surface area contributed by atoms with Crippen LogP contribution in [0.4, 0.5) is 5.95 Å². The molecule has 0 fully saturated rings. The Hall–Kier alpha value is -1.62. The van der Waals surface area contributed by atoms with Crippen molar-refractivity contribution in [3.63, 3.8) is 0 Å². The highest BCUT2D eigenvalue weighted by Crippen LogP contribution is 2.12. The summed E-state index contributed by atoms with van der Waals surface area (Å²) in [5, 5.41) is 7.54. The molecule has 2 aromatic heterocycles. The van der Waals surface area contributed by atoms with Crippen LogP contribution < -0.4 is 5.32 Å². The Kier molecular flexibility index (Phi) is 2.55. The second-order valence-corrected chi connectivity index (χ2v) is 3.48. The maximum absolute atomic E-state index is 5.78. The molecule has 2 rings (SSSR count). The smallest absolute Gasteiger partial charge is 0.224 e. The van der Waals surface area contributed by atoms with Crippen molar-refractivity contribution >= 4 is 17.5 Å². The Morgan fingerprint density at radius 2 is 2.20 bits per heavy atom. The van der Waals surface area contributed by atoms with Crippen LogP contribution in [0.5, 0.6) is 0 Å². The van der Waals surface area contributed by atoms with Gasteiger partial charge in [0.25, 0.3) is 0 Å². The maximum Gasteiger partial charge on any atom is 0.224 e. The van der Waals surface area contributed by atoms with Gasteiger partial charge in [0.2, 0.25) is 5.95 Å². The summed E-state index contributed by atoms with van der Waals surface area (Å²) in [6, 6.07) is 1.84. The summed E-state index contributed by atoms with van der Waals surface area (Å²) in [5.74, 6) is 1.26. The fraction of sp³-hybridized carbons (Fsp3) is 0.222. The van der Waals surface area contributed by atoms with Gasteiger partial charge in [0.1, 0.15) is 0 Å². The number of anilines is 1. The van der Waals surface area contributed by atoms with Crippen molar-refractivity contribution in [2.45, 2.75) is 6.92 Å². The highest BCUT2D eigenvalue weighted by atomic mass is 35.5. The zero-order valence-corrected chi connectivity index (χ0v) is 9.15. The second kappa shape index (κ2) is 3.86. The molecule has 0 aromatic carbocycles. The fourth-order valence-corrected chi connectivity index (χ4v) is 1.34. The van der Waals surface area contributed by atoms with E-state index in [2.05, 4.69) is 20.4 Å². The van der Waals surface area contributed by atoms with Gasteiger partial charge in [0, 0.05) is 18.8 Å². The second-order valence-electron chi connectivity index (χ2n) is 3.04. The Labute approximate surface area is 92.1 Å². The molecule has 0 radical (unpaired) electrons. The van der Waals surface area contributed by atoms with Crippen molar-refractivity contribution in [2.24, 2.45) is 0 Å². The van der Waals surface area contributed by atoms with Gasteiger partial charge in [-0.2, -0.15) is 10.1 Å². The highest BCUT2D eigenvalue weighted by Gasteiger charge is 2.04. The third-order valence-electron chi connectivity index (χ3n) is 1.85. The van der Waals surface area contributed by atoms with E-state index in [1.807, 2.05) is 13.0 Å². The molecule has 15 heavy (non-hydrogen) atoms. The number of nitrogens with zero attached hydrogens (tertiary/aromatic N) is 4. The third kappa shape index (κ3) is 2.07. The van der Waals surface area contributed by atoms with Crippen LogP contribution in [-0.4, -0.2) is 26.8 Å². The van der Waals surface area contributed by atoms with Crippen LogP contribution in [0.15, 0.2) is 18.5 Å². The minimum atomic E-state index is 0.566. The molecule has 0 saturated carbocycles. The lowest BCUT2D eigenvalue weighted by Gasteiger charge is -2.04. The number of nitrogens with one attached hydrogen (secondary N) is 1. The summed E-state index contributed by atoms with van der Waals surface area (Å²) in [6.07, 6.45) is 3.26. The van der Waals surface area contributed by atoms with Gasteiger partial charge in [-0.05, 0) is 6.92 Å². The van der Waals surface area contributed by atoms with Crippen molar-refractivity contribution in [1.82, 2.24) is 19.7 Å². The first-order valence-electron chi connectivity index (χ1n) is 4.43. The first-order chi connectivity index (χ1) is 7.19. The van der Waals surface area contributed by atoms with Gasteiger partial charge in [0.05, 0.1) is 17.4 Å². The zero-order chi connectivity index (χ0) is 10.8. The van der Waals surface area contributed by atoms with Gasteiger partial charge in [0.15, 0.2) is 5.82 Å². The van der Waals surface area contributed by atoms with Crippen LogP contribution in [0.25, 0.3) is 5.82 Å². The molecule has 2 heterocycles. The molecule has 0 amide bonds. The van der Waals surface area contributed by atoms with Crippen molar-refractivity contribution in [1.29, 1.82) is 0 Å². The summed E-state index contributed by atoms with van der Waals surface area (Å²) in [5.41, 5.74) is 0.871. The zero-order valence-electron chi connectivity index (χ0n) is 8.40. The van der Waals surface area contributed by atoms with Gasteiger partial charge in [-0.15, -0.1) is 0 Å². The van der Waals surface area contributed by atoms with E-state index in [0.29, 0.717) is 16.8 Å². The summed E-state index contributed by atoms with van der Waals surface area (Å²) >= 11 is 5.78. The van der Waals surface area contributed by atoms with E-state index in [4.69, 9.17) is 11.6 Å². The predicted molar refractivity (Wildman–Crippen MR) is 58.4 cm³/mol. The van der Waals surface area contributed by atoms with E-state index in [1.54, 1.807) is 24.1 Å². The molecular formula is C9H10ClN5. The summed E-state index contributed by atoms with van der Waals surface area (Å²) < 4.78 is 1.61. The number of hydrogen-bond acceptors (Lipinski definition) is 4. The number of rotatable bonds is 2. The molecule has 0 bridgehead atoms. The Bertz CT molecular complexity index is 479. The standard InChI is InChI=1S/C9H10ClN5/c1-6-3-8(14-9(11-2)13-6)15-5-7(10)4-12-15/h3-5H,1-2H3,(H,11,13,14). The molecule has 0 aliphatic heterocycles. The van der Waals surface area contributed by atoms with E-state index in [-0.39, 0.29) is 0 Å². The molecule has 0 saturated heterocycles. The van der Waals surface area contributed by atoms with E-state index < -0.39 is 0 Å². The maximum atomic E-state index is 5.78. The number of hydrogen-bond donors (Lipinski definition) is 1. The van der Waals surface area contributed by atoms with Gasteiger partial charge < -0.3 is 5.32 Å². The molecule has 0 aliphatic carbocycles. The Balaban J connectivity index is 2.48. The lowest BCUT2D eigenvalue weighted by molar-refractivity contribution is 0.837. The first-order valence-corrected chi connectivity index (χ1v) is 4.81. The Morgan fingerprint density at radius 3 is 2.80 bits per heavy atom. The van der Waals surface area contributed by atoms with Crippen molar-refractivity contribution in [2.75, 3.05) is 12.4 Å². The van der Waals surface area contributed by atoms with Crippen LogP contribution in [0, 0.1) is 6.92 Å². The largest absolute Gasteiger partial charge is 0.357 e. The third-order valence-corrected chi connectivity index (χ3v) is 2.05. The van der Waals surface area contributed by atoms with Gasteiger partial charge in [-0.25, -0.2) is 9.67 Å². The monoisotopic (exact) mass is 223 g/mol. The number of aromatic nitrogens is 4. The normalized spacial score (nSPS) is 10.3. The van der Waals surface area contributed by atoms with Crippen LogP contribution >= 0.6 is 11.6 Å². The van der Waals surface area contributed by atoms with Gasteiger partial charge >= 0.3 is 0 Å². The molecule has 78 valence electrons. The summed E-state index contributed by atoms with van der Waals surface area (Å²) in [6.45, 7) is 1.90. The van der Waals surface area contributed by atoms with Crippen LogP contribution in [0.1, 0.15) is 5.69 Å². The fourth-order valence-electron chi connectivity index (χ4n) is 1.21. The molecule has 0 aliphatic rings. The minimum absolute atomic E-state index is 0.566. The topological polar surface area (TPSA) is 55.6 Å². The van der Waals surface area contributed by atoms with E-state index in [0.717, 1.165) is 5.69 Å². The van der Waals surface area contributed by atoms with Crippen molar-refractivity contribution < 1.29 is 0 Å². The quantitative estimate of drug-likeness (QED) is 0.842. The predicted octanol–water partition coefficient (Wildman–Crippen LogP) is 1.67. The van der Waals surface area contributed by atoms with Crippen molar-refractivity contribution in [3.05, 3.63) is 29.2 Å². The highest BCUT2D eigenvalue weighted by molar-refractivity contribution is 6.30. The molecule has 2 aromatic rings. The van der Waals surface area contributed by atoms with E-state index in [1.165, 1.54) is 0 Å². The first kappa shape index (κ1) is 9.92. The molecular weight excluding hydrogens is 214 g/mol. The SMILES string of the molecule is CNc1nc(C)cc(-n2cc(Cl)cn2)n1. The summed E-state index contributed by atoms with van der Waals surface area (Å²) in [7, 11) is 1.77. The summed E-state index contributed by atoms with van der Waals surface area (Å²) in [4.78, 5) is 8.44. The molecule has 0 spiro atoms. The van der Waals surface area contributed by atoms with Crippen LogP contribution in [-0.2, 0) is 0 Å². The van der Waals surface area contributed by atoms with Crippen LogP contribution in [0.2, 0.25) is 5.02 Å². The van der Waals surface area contributed by atoms with E-state index >= 15 is 0 Å². The molecule has 0 unspecified atom stereocenters. The average Bonchev–Trinajstić information content (AvgIpc) is 2.64. The van der Waals surface area contributed by atoms with Gasteiger partial charge in [-0.1, -0.05) is 11.6 Å². The molecule has 1 N–H and O–H groups in total. The molecule has 5 nitrogen and oxygen atoms in total. The average molecular weight is 224 g/mol. The van der Waals surface area contributed by atoms with E-state index in [9.17, 15) is 0 Å². The van der Waals surface area contributed by atoms with Gasteiger partial charge in [-0.3, -0.25) is 0 Å². The van der Waals surface area contributed by atoms with Crippen LogP contribution in [0.3, 0.4) is 0 Å². The molecule has 6 heteroatoms. The lowest BCUT2D eigenvalue weighted by atomic mass is 10.4. The lowest BCUT2D eigenvalue weighted by Crippen LogP contribution is -2.04.